The maximum Gasteiger partial charge on any atom is 0.345 e. The predicted octanol–water partition coefficient (Wildman–Crippen LogP) is 2.19. The van der Waals surface area contributed by atoms with Gasteiger partial charge in [0.2, 0.25) is 0 Å². The van der Waals surface area contributed by atoms with Gasteiger partial charge in [0.15, 0.2) is 0 Å². The second-order valence-electron chi connectivity index (χ2n) is 4.08. The Bertz CT molecular complexity index is 750. The zero-order valence-corrected chi connectivity index (χ0v) is 10.7. The summed E-state index contributed by atoms with van der Waals surface area (Å²) in [7, 11) is 1.58. The van der Waals surface area contributed by atoms with Gasteiger partial charge >= 0.3 is 5.97 Å². The number of H-pyrrole nitrogens is 1. The fourth-order valence-electron chi connectivity index (χ4n) is 1.83. The van der Waals surface area contributed by atoms with Crippen molar-refractivity contribution in [3.8, 4) is 11.5 Å². The summed E-state index contributed by atoms with van der Waals surface area (Å²) in [6.45, 7) is 0. The summed E-state index contributed by atoms with van der Waals surface area (Å²) >= 11 is 0. The van der Waals surface area contributed by atoms with Crippen molar-refractivity contribution in [1.82, 2.24) is 15.2 Å². The third-order valence-corrected chi connectivity index (χ3v) is 2.86. The fourth-order valence-corrected chi connectivity index (χ4v) is 1.83. The smallest absolute Gasteiger partial charge is 0.345 e. The summed E-state index contributed by atoms with van der Waals surface area (Å²) < 4.78 is 10.3. The Morgan fingerprint density at radius 3 is 2.60 bits per heavy atom. The van der Waals surface area contributed by atoms with Gasteiger partial charge in [-0.1, -0.05) is 0 Å². The average Bonchev–Trinajstić information content (AvgIpc) is 2.96. The highest BCUT2D eigenvalue weighted by Crippen LogP contribution is 2.20. The highest BCUT2D eigenvalue weighted by molar-refractivity contribution is 6.03. The van der Waals surface area contributed by atoms with Crippen molar-refractivity contribution >= 4 is 16.9 Å². The van der Waals surface area contributed by atoms with Crippen molar-refractivity contribution < 1.29 is 14.3 Å². The molecule has 0 saturated heterocycles. The van der Waals surface area contributed by atoms with Gasteiger partial charge in [-0.15, -0.1) is 0 Å². The van der Waals surface area contributed by atoms with Gasteiger partial charge in [-0.05, 0) is 24.3 Å². The molecule has 0 amide bonds. The van der Waals surface area contributed by atoms with E-state index in [2.05, 4.69) is 15.2 Å². The summed E-state index contributed by atoms with van der Waals surface area (Å²) in [5, 5.41) is 7.32. The number of aromatic amines is 1. The number of fused-ring (bicyclic) bond motifs is 1. The van der Waals surface area contributed by atoms with Crippen molar-refractivity contribution in [2.75, 3.05) is 7.11 Å². The lowest BCUT2D eigenvalue weighted by Crippen LogP contribution is -2.09. The number of pyridine rings is 1. The van der Waals surface area contributed by atoms with Crippen LogP contribution < -0.4 is 9.47 Å². The fraction of sp³-hybridized carbons (Fsp3) is 0.0714. The van der Waals surface area contributed by atoms with Crippen molar-refractivity contribution in [3.05, 3.63) is 48.4 Å². The Labute approximate surface area is 114 Å². The molecule has 0 aliphatic rings. The first-order chi connectivity index (χ1) is 9.78. The molecule has 1 aromatic carbocycles. The standard InChI is InChI=1S/C14H11N3O3/c1-19-9-2-4-10(5-3-9)20-14(18)12-6-15-8-13-11(12)7-16-17-13/h2-8H,1H3,(H,16,17). The Balaban J connectivity index is 1.87. The molecule has 0 aliphatic carbocycles. The molecule has 0 unspecified atom stereocenters. The maximum absolute atomic E-state index is 12.1. The maximum atomic E-state index is 12.1. The number of nitrogens with zero attached hydrogens (tertiary/aromatic N) is 2. The van der Waals surface area contributed by atoms with Crippen LogP contribution in [0.1, 0.15) is 10.4 Å². The van der Waals surface area contributed by atoms with Crippen molar-refractivity contribution in [2.45, 2.75) is 0 Å². The molecule has 0 bridgehead atoms. The van der Waals surface area contributed by atoms with Crippen LogP contribution in [0.25, 0.3) is 10.9 Å². The average molecular weight is 269 g/mol. The van der Waals surface area contributed by atoms with Crippen LogP contribution in [0.15, 0.2) is 42.9 Å². The minimum Gasteiger partial charge on any atom is -0.497 e. The molecule has 20 heavy (non-hydrogen) atoms. The highest BCUT2D eigenvalue weighted by atomic mass is 16.5. The van der Waals surface area contributed by atoms with E-state index in [1.165, 1.54) is 6.20 Å². The molecule has 0 fully saturated rings. The number of benzene rings is 1. The zero-order valence-electron chi connectivity index (χ0n) is 10.7. The number of hydrogen-bond acceptors (Lipinski definition) is 5. The second kappa shape index (κ2) is 5.00. The van der Waals surface area contributed by atoms with Crippen LogP contribution in [0.3, 0.4) is 0 Å². The number of nitrogens with one attached hydrogen (secondary N) is 1. The van der Waals surface area contributed by atoms with E-state index < -0.39 is 5.97 Å². The molecule has 1 N–H and O–H groups in total. The Morgan fingerprint density at radius 1 is 1.10 bits per heavy atom. The molecule has 3 rings (SSSR count). The number of carbonyl (C=O) groups is 1. The molecular weight excluding hydrogens is 258 g/mol. The molecule has 2 heterocycles. The Kier molecular flexibility index (Phi) is 3.04. The molecule has 6 nitrogen and oxygen atoms in total. The molecule has 100 valence electrons. The molecule has 0 aliphatic heterocycles. The summed E-state index contributed by atoms with van der Waals surface area (Å²) in [4.78, 5) is 16.1. The van der Waals surface area contributed by atoms with E-state index in [9.17, 15) is 4.79 Å². The zero-order chi connectivity index (χ0) is 13.9. The van der Waals surface area contributed by atoms with Crippen molar-refractivity contribution in [3.63, 3.8) is 0 Å². The lowest BCUT2D eigenvalue weighted by molar-refractivity contribution is 0.0736. The van der Waals surface area contributed by atoms with E-state index in [1.54, 1.807) is 43.8 Å². The normalized spacial score (nSPS) is 10.4. The SMILES string of the molecule is COc1ccc(OC(=O)c2cncc3[nH]ncc23)cc1. The first-order valence-corrected chi connectivity index (χ1v) is 5.91. The predicted molar refractivity (Wildman–Crippen MR) is 71.8 cm³/mol. The number of esters is 1. The number of rotatable bonds is 3. The Hall–Kier alpha value is -2.89. The van der Waals surface area contributed by atoms with Crippen LogP contribution in [0.4, 0.5) is 0 Å². The van der Waals surface area contributed by atoms with Gasteiger partial charge in [-0.2, -0.15) is 5.10 Å². The van der Waals surface area contributed by atoms with Gasteiger partial charge in [0.1, 0.15) is 11.5 Å². The number of hydrogen-bond donors (Lipinski definition) is 1. The lowest BCUT2D eigenvalue weighted by Gasteiger charge is -2.05. The molecule has 6 heteroatoms. The first kappa shape index (κ1) is 12.2. The van der Waals surface area contributed by atoms with Gasteiger partial charge in [-0.3, -0.25) is 10.1 Å². The summed E-state index contributed by atoms with van der Waals surface area (Å²) in [6.07, 6.45) is 4.64. The first-order valence-electron chi connectivity index (χ1n) is 5.91. The topological polar surface area (TPSA) is 77.1 Å². The van der Waals surface area contributed by atoms with E-state index in [0.29, 0.717) is 28.0 Å². The van der Waals surface area contributed by atoms with Gasteiger partial charge in [0, 0.05) is 11.6 Å². The third kappa shape index (κ3) is 2.18. The van der Waals surface area contributed by atoms with Crippen LogP contribution in [0.5, 0.6) is 11.5 Å². The van der Waals surface area contributed by atoms with Crippen molar-refractivity contribution in [2.24, 2.45) is 0 Å². The summed E-state index contributed by atoms with van der Waals surface area (Å²) in [5.41, 5.74) is 1.06. The minimum absolute atomic E-state index is 0.368. The summed E-state index contributed by atoms with van der Waals surface area (Å²) in [6, 6.07) is 6.78. The van der Waals surface area contributed by atoms with Gasteiger partial charge in [0.05, 0.1) is 30.6 Å². The number of ether oxygens (including phenoxy) is 2. The van der Waals surface area contributed by atoms with Crippen LogP contribution in [0, 0.1) is 0 Å². The van der Waals surface area contributed by atoms with Gasteiger partial charge < -0.3 is 9.47 Å². The van der Waals surface area contributed by atoms with E-state index in [-0.39, 0.29) is 0 Å². The molecule has 0 spiro atoms. The second-order valence-corrected chi connectivity index (χ2v) is 4.08. The largest absolute Gasteiger partial charge is 0.497 e. The minimum atomic E-state index is -0.477. The van der Waals surface area contributed by atoms with Crippen molar-refractivity contribution in [1.29, 1.82) is 0 Å². The molecule has 2 aromatic heterocycles. The van der Waals surface area contributed by atoms with E-state index in [1.807, 2.05) is 0 Å². The monoisotopic (exact) mass is 269 g/mol. The number of methoxy groups -OCH3 is 1. The van der Waals surface area contributed by atoms with E-state index >= 15 is 0 Å². The quantitative estimate of drug-likeness (QED) is 0.582. The highest BCUT2D eigenvalue weighted by Gasteiger charge is 2.14. The molecule has 0 atom stereocenters. The van der Waals surface area contributed by atoms with Crippen LogP contribution in [0.2, 0.25) is 0 Å². The third-order valence-electron chi connectivity index (χ3n) is 2.86. The molecule has 0 saturated carbocycles. The molecule has 3 aromatic rings. The molecular formula is C14H11N3O3. The van der Waals surface area contributed by atoms with Crippen LogP contribution in [-0.2, 0) is 0 Å². The van der Waals surface area contributed by atoms with Gasteiger partial charge in [-0.25, -0.2) is 4.79 Å². The molecule has 0 radical (unpaired) electrons. The lowest BCUT2D eigenvalue weighted by atomic mass is 10.2. The Morgan fingerprint density at radius 2 is 1.85 bits per heavy atom. The van der Waals surface area contributed by atoms with E-state index in [0.717, 1.165) is 0 Å². The number of carbonyl (C=O) groups excluding carboxylic acids is 1. The van der Waals surface area contributed by atoms with Crippen LogP contribution >= 0.6 is 0 Å². The van der Waals surface area contributed by atoms with E-state index in [4.69, 9.17) is 9.47 Å². The number of aromatic nitrogens is 3. The summed E-state index contributed by atoms with van der Waals surface area (Å²) in [5.74, 6) is 0.661. The van der Waals surface area contributed by atoms with Gasteiger partial charge in [0.25, 0.3) is 0 Å². The van der Waals surface area contributed by atoms with Crippen LogP contribution in [-0.4, -0.2) is 28.3 Å².